The molecule has 1 heterocycles. The summed E-state index contributed by atoms with van der Waals surface area (Å²) in [5.41, 5.74) is 9.66. The molecule has 0 saturated carbocycles. The summed E-state index contributed by atoms with van der Waals surface area (Å²) in [6.07, 6.45) is 2.27. The SMILES string of the molecule is [N-]=[N+]=NCc1c(F)cccc1N1CCCC1. The summed E-state index contributed by atoms with van der Waals surface area (Å²) in [5.74, 6) is -0.295. The van der Waals surface area contributed by atoms with Gasteiger partial charge in [0.25, 0.3) is 0 Å². The number of azide groups is 1. The summed E-state index contributed by atoms with van der Waals surface area (Å²) >= 11 is 0. The van der Waals surface area contributed by atoms with Crippen LogP contribution < -0.4 is 4.90 Å². The van der Waals surface area contributed by atoms with Gasteiger partial charge in [0.15, 0.2) is 0 Å². The zero-order valence-corrected chi connectivity index (χ0v) is 8.93. The number of benzene rings is 1. The number of anilines is 1. The lowest BCUT2D eigenvalue weighted by molar-refractivity contribution is 0.609. The van der Waals surface area contributed by atoms with Gasteiger partial charge in [0.05, 0.1) is 6.54 Å². The second-order valence-corrected chi connectivity index (χ2v) is 3.82. The Labute approximate surface area is 93.3 Å². The minimum atomic E-state index is -0.295. The summed E-state index contributed by atoms with van der Waals surface area (Å²) in [4.78, 5) is 4.82. The fraction of sp³-hybridized carbons (Fsp3) is 0.455. The molecule has 5 heteroatoms. The predicted molar refractivity (Wildman–Crippen MR) is 60.7 cm³/mol. The van der Waals surface area contributed by atoms with Gasteiger partial charge in [0, 0.05) is 29.3 Å². The summed E-state index contributed by atoms with van der Waals surface area (Å²) in [6.45, 7) is 1.98. The van der Waals surface area contributed by atoms with Crippen LogP contribution in [0.15, 0.2) is 23.3 Å². The molecule has 1 aromatic rings. The molecule has 0 atom stereocenters. The average molecular weight is 220 g/mol. The lowest BCUT2D eigenvalue weighted by atomic mass is 10.1. The summed E-state index contributed by atoms with van der Waals surface area (Å²) in [6, 6.07) is 4.99. The average Bonchev–Trinajstić information content (AvgIpc) is 2.80. The van der Waals surface area contributed by atoms with Crippen molar-refractivity contribution in [3.05, 3.63) is 40.0 Å². The van der Waals surface area contributed by atoms with Crippen LogP contribution in [-0.2, 0) is 6.54 Å². The van der Waals surface area contributed by atoms with Crippen LogP contribution in [-0.4, -0.2) is 13.1 Å². The van der Waals surface area contributed by atoms with Crippen LogP contribution in [0.25, 0.3) is 10.4 Å². The highest BCUT2D eigenvalue weighted by Crippen LogP contribution is 2.27. The van der Waals surface area contributed by atoms with Crippen LogP contribution >= 0.6 is 0 Å². The van der Waals surface area contributed by atoms with Crippen molar-refractivity contribution in [1.29, 1.82) is 0 Å². The molecule has 0 aliphatic carbocycles. The van der Waals surface area contributed by atoms with Crippen molar-refractivity contribution in [1.82, 2.24) is 0 Å². The third-order valence-corrected chi connectivity index (χ3v) is 2.83. The van der Waals surface area contributed by atoms with Gasteiger partial charge in [-0.1, -0.05) is 11.2 Å². The number of halogens is 1. The molecule has 1 aromatic carbocycles. The highest BCUT2D eigenvalue weighted by Gasteiger charge is 2.17. The van der Waals surface area contributed by atoms with E-state index in [9.17, 15) is 4.39 Å². The molecule has 1 saturated heterocycles. The van der Waals surface area contributed by atoms with Gasteiger partial charge in [-0.2, -0.15) is 0 Å². The molecule has 1 fully saturated rings. The molecule has 0 radical (unpaired) electrons. The normalized spacial score (nSPS) is 14.9. The van der Waals surface area contributed by atoms with E-state index in [-0.39, 0.29) is 12.4 Å². The molecule has 0 unspecified atom stereocenters. The second kappa shape index (κ2) is 4.86. The topological polar surface area (TPSA) is 52.0 Å². The molecule has 2 rings (SSSR count). The summed E-state index contributed by atoms with van der Waals surface area (Å²) in [5, 5.41) is 3.45. The molecule has 0 bridgehead atoms. The molecule has 0 aromatic heterocycles. The predicted octanol–water partition coefficient (Wildman–Crippen LogP) is 3.24. The van der Waals surface area contributed by atoms with Crippen molar-refractivity contribution in [3.63, 3.8) is 0 Å². The quantitative estimate of drug-likeness (QED) is 0.438. The Bertz CT molecular complexity index is 420. The Kier molecular flexibility index (Phi) is 3.27. The molecular formula is C11H13FN4. The number of hydrogen-bond donors (Lipinski definition) is 0. The second-order valence-electron chi connectivity index (χ2n) is 3.82. The van der Waals surface area contributed by atoms with Gasteiger partial charge < -0.3 is 4.90 Å². The molecule has 84 valence electrons. The van der Waals surface area contributed by atoms with Gasteiger partial charge in [-0.3, -0.25) is 0 Å². The maximum atomic E-state index is 13.6. The van der Waals surface area contributed by atoms with E-state index in [2.05, 4.69) is 14.9 Å². The van der Waals surface area contributed by atoms with Gasteiger partial charge in [-0.15, -0.1) is 0 Å². The van der Waals surface area contributed by atoms with E-state index >= 15 is 0 Å². The van der Waals surface area contributed by atoms with E-state index in [1.807, 2.05) is 6.07 Å². The maximum Gasteiger partial charge on any atom is 0.128 e. The Morgan fingerprint density at radius 3 is 2.81 bits per heavy atom. The van der Waals surface area contributed by atoms with Crippen molar-refractivity contribution in [2.24, 2.45) is 5.11 Å². The molecule has 0 spiro atoms. The van der Waals surface area contributed by atoms with Gasteiger partial charge in [-0.25, -0.2) is 4.39 Å². The minimum absolute atomic E-state index is 0.0784. The molecule has 1 aliphatic heterocycles. The monoisotopic (exact) mass is 220 g/mol. The van der Waals surface area contributed by atoms with Crippen molar-refractivity contribution >= 4 is 5.69 Å². The van der Waals surface area contributed by atoms with E-state index in [1.54, 1.807) is 6.07 Å². The fourth-order valence-corrected chi connectivity index (χ4v) is 2.06. The van der Waals surface area contributed by atoms with Crippen LogP contribution in [0.5, 0.6) is 0 Å². The highest BCUT2D eigenvalue weighted by atomic mass is 19.1. The fourth-order valence-electron chi connectivity index (χ4n) is 2.06. The Balaban J connectivity index is 2.34. The zero-order chi connectivity index (χ0) is 11.4. The minimum Gasteiger partial charge on any atom is -0.371 e. The van der Waals surface area contributed by atoms with Crippen LogP contribution in [0.4, 0.5) is 10.1 Å². The molecule has 4 nitrogen and oxygen atoms in total. The molecule has 16 heavy (non-hydrogen) atoms. The third kappa shape index (κ3) is 2.09. The van der Waals surface area contributed by atoms with Crippen LogP contribution in [0.1, 0.15) is 18.4 Å². The number of rotatable bonds is 3. The van der Waals surface area contributed by atoms with Crippen molar-refractivity contribution in [2.45, 2.75) is 19.4 Å². The van der Waals surface area contributed by atoms with Gasteiger partial charge in [-0.05, 0) is 30.5 Å². The first kappa shape index (κ1) is 10.8. The number of hydrogen-bond acceptors (Lipinski definition) is 2. The van der Waals surface area contributed by atoms with E-state index in [0.717, 1.165) is 31.6 Å². The molecule has 1 aliphatic rings. The largest absolute Gasteiger partial charge is 0.371 e. The highest BCUT2D eigenvalue weighted by molar-refractivity contribution is 5.54. The Morgan fingerprint density at radius 2 is 2.12 bits per heavy atom. The lowest BCUT2D eigenvalue weighted by Crippen LogP contribution is -2.19. The molecule has 0 N–H and O–H groups in total. The van der Waals surface area contributed by atoms with Crippen LogP contribution in [0.3, 0.4) is 0 Å². The molecular weight excluding hydrogens is 207 g/mol. The Morgan fingerprint density at radius 1 is 1.38 bits per heavy atom. The van der Waals surface area contributed by atoms with Crippen molar-refractivity contribution in [2.75, 3.05) is 18.0 Å². The summed E-state index contributed by atoms with van der Waals surface area (Å²) in [7, 11) is 0. The van der Waals surface area contributed by atoms with Crippen molar-refractivity contribution < 1.29 is 4.39 Å². The Hall–Kier alpha value is -1.74. The first-order valence-electron chi connectivity index (χ1n) is 5.36. The van der Waals surface area contributed by atoms with Gasteiger partial charge in [0.1, 0.15) is 5.82 Å². The van der Waals surface area contributed by atoms with Gasteiger partial charge >= 0.3 is 0 Å². The molecule has 0 amide bonds. The first-order chi connectivity index (χ1) is 7.83. The smallest absolute Gasteiger partial charge is 0.128 e. The first-order valence-corrected chi connectivity index (χ1v) is 5.36. The van der Waals surface area contributed by atoms with E-state index in [1.165, 1.54) is 6.07 Å². The summed E-state index contributed by atoms with van der Waals surface area (Å²) < 4.78 is 13.6. The van der Waals surface area contributed by atoms with Gasteiger partial charge in [0.2, 0.25) is 0 Å². The van der Waals surface area contributed by atoms with Crippen LogP contribution in [0.2, 0.25) is 0 Å². The van der Waals surface area contributed by atoms with E-state index < -0.39 is 0 Å². The zero-order valence-electron chi connectivity index (χ0n) is 8.93. The van der Waals surface area contributed by atoms with E-state index in [0.29, 0.717) is 5.56 Å². The number of nitrogens with zero attached hydrogens (tertiary/aromatic N) is 4. The standard InChI is InChI=1S/C11H13FN4/c12-10-4-3-5-11(9(10)8-14-15-13)16-6-1-2-7-16/h3-5H,1-2,6-8H2. The van der Waals surface area contributed by atoms with E-state index in [4.69, 9.17) is 5.53 Å². The third-order valence-electron chi connectivity index (χ3n) is 2.83. The lowest BCUT2D eigenvalue weighted by Gasteiger charge is -2.21. The van der Waals surface area contributed by atoms with Crippen molar-refractivity contribution in [3.8, 4) is 0 Å². The van der Waals surface area contributed by atoms with Crippen LogP contribution in [0, 0.1) is 5.82 Å². The maximum absolute atomic E-state index is 13.6.